The smallest absolute Gasteiger partial charge is 0.0313 e. The molecule has 0 amide bonds. The molecule has 0 aliphatic rings. The number of hydrogen-bond acceptors (Lipinski definition) is 1. The zero-order valence-corrected chi connectivity index (χ0v) is 10.4. The van der Waals surface area contributed by atoms with Gasteiger partial charge in [-0.1, -0.05) is 51.8 Å². The molecule has 1 N–H and O–H groups in total. The third kappa shape index (κ3) is 11.1. The first-order valence-electron chi connectivity index (χ1n) is 6.07. The van der Waals surface area contributed by atoms with Gasteiger partial charge >= 0.3 is 0 Å². The molecule has 0 bridgehead atoms. The van der Waals surface area contributed by atoms with Crippen LogP contribution in [-0.4, -0.2) is 5.71 Å². The SMILES string of the molecule is CCCCCC(=N)/C=C\C=C/CC(C)C. The number of hydrogen-bond donors (Lipinski definition) is 1. The van der Waals surface area contributed by atoms with Gasteiger partial charge in [-0.2, -0.15) is 0 Å². The molecule has 0 saturated heterocycles. The van der Waals surface area contributed by atoms with Crippen molar-refractivity contribution in [3.63, 3.8) is 0 Å². The topological polar surface area (TPSA) is 23.9 Å². The first-order valence-corrected chi connectivity index (χ1v) is 6.07. The lowest BCUT2D eigenvalue weighted by molar-refractivity contribution is 0.664. The third-order valence-corrected chi connectivity index (χ3v) is 2.20. The highest BCUT2D eigenvalue weighted by Gasteiger charge is 1.90. The van der Waals surface area contributed by atoms with E-state index in [0.29, 0.717) is 0 Å². The van der Waals surface area contributed by atoms with Crippen LogP contribution in [0, 0.1) is 11.3 Å². The van der Waals surface area contributed by atoms with Crippen LogP contribution in [0.25, 0.3) is 0 Å². The molecule has 0 aliphatic heterocycles. The van der Waals surface area contributed by atoms with E-state index < -0.39 is 0 Å². The second-order valence-corrected chi connectivity index (χ2v) is 4.40. The molecule has 0 spiro atoms. The Kier molecular flexibility index (Phi) is 9.15. The lowest BCUT2D eigenvalue weighted by atomic mass is 10.1. The van der Waals surface area contributed by atoms with E-state index >= 15 is 0 Å². The van der Waals surface area contributed by atoms with Crippen LogP contribution in [0.2, 0.25) is 0 Å². The maximum atomic E-state index is 7.67. The van der Waals surface area contributed by atoms with Crippen molar-refractivity contribution in [3.05, 3.63) is 24.3 Å². The molecule has 0 radical (unpaired) electrons. The highest BCUT2D eigenvalue weighted by molar-refractivity contribution is 5.92. The quantitative estimate of drug-likeness (QED) is 0.337. The molecular formula is C14H25N. The molecule has 1 nitrogen and oxygen atoms in total. The van der Waals surface area contributed by atoms with E-state index in [4.69, 9.17) is 5.41 Å². The molecule has 0 rings (SSSR count). The minimum Gasteiger partial charge on any atom is -0.305 e. The normalized spacial score (nSPS) is 12.0. The maximum Gasteiger partial charge on any atom is 0.0313 e. The predicted octanol–water partition coefficient (Wildman–Crippen LogP) is 4.74. The van der Waals surface area contributed by atoms with Crippen molar-refractivity contribution in [2.24, 2.45) is 5.92 Å². The van der Waals surface area contributed by atoms with Crippen molar-refractivity contribution in [3.8, 4) is 0 Å². The van der Waals surface area contributed by atoms with Crippen molar-refractivity contribution >= 4 is 5.71 Å². The molecule has 0 heterocycles. The Morgan fingerprint density at radius 3 is 2.53 bits per heavy atom. The van der Waals surface area contributed by atoms with Gasteiger partial charge in [0.25, 0.3) is 0 Å². The van der Waals surface area contributed by atoms with Crippen LogP contribution < -0.4 is 0 Å². The van der Waals surface area contributed by atoms with Crippen LogP contribution in [0.3, 0.4) is 0 Å². The van der Waals surface area contributed by atoms with Gasteiger partial charge < -0.3 is 5.41 Å². The van der Waals surface area contributed by atoms with E-state index in [2.05, 4.69) is 26.8 Å². The van der Waals surface area contributed by atoms with E-state index in [0.717, 1.165) is 30.9 Å². The minimum atomic E-state index is 0.721. The van der Waals surface area contributed by atoms with E-state index in [9.17, 15) is 0 Å². The van der Waals surface area contributed by atoms with Crippen molar-refractivity contribution in [2.75, 3.05) is 0 Å². The molecule has 0 aromatic heterocycles. The number of rotatable bonds is 8. The second kappa shape index (κ2) is 9.70. The lowest BCUT2D eigenvalue weighted by Gasteiger charge is -1.96. The zero-order chi connectivity index (χ0) is 11.5. The lowest BCUT2D eigenvalue weighted by Crippen LogP contribution is -1.90. The van der Waals surface area contributed by atoms with Crippen molar-refractivity contribution in [1.29, 1.82) is 5.41 Å². The van der Waals surface area contributed by atoms with Gasteiger partial charge in [0, 0.05) is 5.71 Å². The molecule has 0 atom stereocenters. The van der Waals surface area contributed by atoms with Gasteiger partial charge in [0.2, 0.25) is 0 Å². The fourth-order valence-corrected chi connectivity index (χ4v) is 1.25. The first-order chi connectivity index (χ1) is 7.16. The summed E-state index contributed by atoms with van der Waals surface area (Å²) in [6, 6.07) is 0. The van der Waals surface area contributed by atoms with E-state index in [-0.39, 0.29) is 0 Å². The summed E-state index contributed by atoms with van der Waals surface area (Å²) >= 11 is 0. The van der Waals surface area contributed by atoms with E-state index in [1.807, 2.05) is 18.2 Å². The van der Waals surface area contributed by atoms with Crippen molar-refractivity contribution < 1.29 is 0 Å². The number of unbranched alkanes of at least 4 members (excludes halogenated alkanes) is 2. The van der Waals surface area contributed by atoms with E-state index in [1.165, 1.54) is 12.8 Å². The van der Waals surface area contributed by atoms with Crippen LogP contribution >= 0.6 is 0 Å². The first kappa shape index (κ1) is 14.2. The third-order valence-electron chi connectivity index (χ3n) is 2.20. The molecule has 0 aliphatic carbocycles. The Bertz CT molecular complexity index is 211. The Morgan fingerprint density at radius 1 is 1.20 bits per heavy atom. The zero-order valence-electron chi connectivity index (χ0n) is 10.4. The number of allylic oxidation sites excluding steroid dienone is 4. The summed E-state index contributed by atoms with van der Waals surface area (Å²) < 4.78 is 0. The van der Waals surface area contributed by atoms with Gasteiger partial charge in [0.05, 0.1) is 0 Å². The summed E-state index contributed by atoms with van der Waals surface area (Å²) in [5, 5.41) is 7.67. The average molecular weight is 207 g/mol. The van der Waals surface area contributed by atoms with Crippen LogP contribution in [-0.2, 0) is 0 Å². The maximum absolute atomic E-state index is 7.67. The monoisotopic (exact) mass is 207 g/mol. The van der Waals surface area contributed by atoms with Crippen LogP contribution in [0.1, 0.15) is 52.9 Å². The summed E-state index contributed by atoms with van der Waals surface area (Å²) in [6.07, 6.45) is 13.8. The highest BCUT2D eigenvalue weighted by Crippen LogP contribution is 2.02. The Morgan fingerprint density at radius 2 is 1.93 bits per heavy atom. The molecular weight excluding hydrogens is 182 g/mol. The van der Waals surface area contributed by atoms with Gasteiger partial charge in [-0.25, -0.2) is 0 Å². The number of nitrogens with one attached hydrogen (secondary N) is 1. The molecule has 0 aromatic carbocycles. The molecule has 0 aromatic rings. The van der Waals surface area contributed by atoms with Gasteiger partial charge in [0.15, 0.2) is 0 Å². The summed E-state index contributed by atoms with van der Waals surface area (Å²) in [7, 11) is 0. The summed E-state index contributed by atoms with van der Waals surface area (Å²) in [4.78, 5) is 0. The Labute approximate surface area is 94.8 Å². The molecule has 0 fully saturated rings. The van der Waals surface area contributed by atoms with Crippen molar-refractivity contribution in [2.45, 2.75) is 52.9 Å². The fraction of sp³-hybridized carbons (Fsp3) is 0.643. The fourth-order valence-electron chi connectivity index (χ4n) is 1.25. The minimum absolute atomic E-state index is 0.721. The molecule has 0 unspecified atom stereocenters. The molecule has 86 valence electrons. The van der Waals surface area contributed by atoms with Gasteiger partial charge in [-0.05, 0) is 31.3 Å². The average Bonchev–Trinajstić information content (AvgIpc) is 2.17. The van der Waals surface area contributed by atoms with Gasteiger partial charge in [0.1, 0.15) is 0 Å². The van der Waals surface area contributed by atoms with Crippen molar-refractivity contribution in [1.82, 2.24) is 0 Å². The van der Waals surface area contributed by atoms with Crippen LogP contribution in [0.15, 0.2) is 24.3 Å². The largest absolute Gasteiger partial charge is 0.305 e. The predicted molar refractivity (Wildman–Crippen MR) is 69.6 cm³/mol. The second-order valence-electron chi connectivity index (χ2n) is 4.40. The van der Waals surface area contributed by atoms with Crippen LogP contribution in [0.5, 0.6) is 0 Å². The Hall–Kier alpha value is -0.850. The van der Waals surface area contributed by atoms with Gasteiger partial charge in [-0.15, -0.1) is 0 Å². The highest BCUT2D eigenvalue weighted by atomic mass is 14.4. The molecule has 15 heavy (non-hydrogen) atoms. The summed E-state index contributed by atoms with van der Waals surface area (Å²) in [5.74, 6) is 0.721. The van der Waals surface area contributed by atoms with Gasteiger partial charge in [-0.3, -0.25) is 0 Å². The standard InChI is InChI=1S/C14H25N/c1-4-5-7-11-14(15)12-9-6-8-10-13(2)3/h6,8-9,12-13,15H,4-5,7,10-11H2,1-3H3/b8-6-,12-9-,15-14?. The summed E-state index contributed by atoms with van der Waals surface area (Å²) in [6.45, 7) is 6.61. The molecule has 0 saturated carbocycles. The Balaban J connectivity index is 3.58. The molecule has 1 heteroatoms. The van der Waals surface area contributed by atoms with Crippen LogP contribution in [0.4, 0.5) is 0 Å². The summed E-state index contributed by atoms with van der Waals surface area (Å²) in [5.41, 5.74) is 0.748. The van der Waals surface area contributed by atoms with E-state index in [1.54, 1.807) is 0 Å².